The van der Waals surface area contributed by atoms with Gasteiger partial charge in [-0.3, -0.25) is 4.79 Å². The molecule has 1 heterocycles. The van der Waals surface area contributed by atoms with Crippen molar-refractivity contribution in [2.45, 2.75) is 0 Å². The van der Waals surface area contributed by atoms with Crippen molar-refractivity contribution in [3.05, 3.63) is 57.6 Å². The fourth-order valence-electron chi connectivity index (χ4n) is 1.36. The minimum absolute atomic E-state index is 0.00206. The number of halogens is 5. The molecule has 0 aliphatic carbocycles. The van der Waals surface area contributed by atoms with Crippen LogP contribution in [0, 0.1) is 17.5 Å². The number of anilines is 1. The third-order valence-corrected chi connectivity index (χ3v) is 3.03. The summed E-state index contributed by atoms with van der Waals surface area (Å²) in [7, 11) is 0. The molecule has 0 saturated carbocycles. The fourth-order valence-corrected chi connectivity index (χ4v) is 1.63. The molecule has 1 aromatic carbocycles. The number of carbonyl (C=O) groups excluding carboxylic acids is 1. The van der Waals surface area contributed by atoms with Crippen LogP contribution in [0.3, 0.4) is 0 Å². The maximum absolute atomic E-state index is 13.4. The Kier molecular flexibility index (Phi) is 4.15. The van der Waals surface area contributed by atoms with Gasteiger partial charge < -0.3 is 5.32 Å². The number of carbonyl (C=O) groups is 1. The summed E-state index contributed by atoms with van der Waals surface area (Å²) in [5.74, 6) is -5.31. The molecule has 0 saturated heterocycles. The van der Waals surface area contributed by atoms with Crippen LogP contribution in [-0.4, -0.2) is 10.9 Å². The Morgan fingerprint density at radius 3 is 2.50 bits per heavy atom. The molecule has 3 nitrogen and oxygen atoms in total. The molecule has 0 bridgehead atoms. The molecule has 0 spiro atoms. The molecule has 20 heavy (non-hydrogen) atoms. The van der Waals surface area contributed by atoms with Crippen LogP contribution in [-0.2, 0) is 0 Å². The van der Waals surface area contributed by atoms with Crippen LogP contribution in [0.25, 0.3) is 0 Å². The van der Waals surface area contributed by atoms with Gasteiger partial charge in [-0.25, -0.2) is 18.2 Å². The SMILES string of the molecule is O=C(Nc1ccc(F)c(F)c1F)c1cnc(Cl)c(Cl)c1. The van der Waals surface area contributed by atoms with E-state index in [1.165, 1.54) is 6.07 Å². The molecular weight excluding hydrogens is 316 g/mol. The van der Waals surface area contributed by atoms with Gasteiger partial charge in [0.05, 0.1) is 16.3 Å². The highest BCUT2D eigenvalue weighted by molar-refractivity contribution is 6.41. The minimum Gasteiger partial charge on any atom is -0.319 e. The Bertz CT molecular complexity index is 695. The van der Waals surface area contributed by atoms with Crippen LogP contribution < -0.4 is 5.32 Å². The van der Waals surface area contributed by atoms with Crippen molar-refractivity contribution in [2.24, 2.45) is 0 Å². The van der Waals surface area contributed by atoms with E-state index in [0.717, 1.165) is 12.3 Å². The molecule has 0 unspecified atom stereocenters. The first-order valence-corrected chi connectivity index (χ1v) is 5.91. The molecule has 0 fully saturated rings. The number of hydrogen-bond acceptors (Lipinski definition) is 2. The first-order chi connectivity index (χ1) is 9.40. The van der Waals surface area contributed by atoms with Gasteiger partial charge >= 0.3 is 0 Å². The first kappa shape index (κ1) is 14.6. The second-order valence-electron chi connectivity index (χ2n) is 3.67. The average Bonchev–Trinajstić information content (AvgIpc) is 2.42. The Hall–Kier alpha value is -1.79. The molecule has 104 valence electrons. The standard InChI is InChI=1S/C12H5Cl2F3N2O/c13-6-3-5(4-18-11(6)14)12(20)19-8-2-1-7(15)9(16)10(8)17/h1-4H,(H,19,20). The monoisotopic (exact) mass is 320 g/mol. The van der Waals surface area contributed by atoms with Gasteiger partial charge in [0.15, 0.2) is 17.5 Å². The van der Waals surface area contributed by atoms with Gasteiger partial charge in [-0.15, -0.1) is 0 Å². The van der Waals surface area contributed by atoms with E-state index < -0.39 is 29.0 Å². The van der Waals surface area contributed by atoms with Crippen LogP contribution in [0.5, 0.6) is 0 Å². The highest BCUT2D eigenvalue weighted by atomic mass is 35.5. The van der Waals surface area contributed by atoms with Crippen molar-refractivity contribution in [3.63, 3.8) is 0 Å². The number of pyridine rings is 1. The largest absolute Gasteiger partial charge is 0.319 e. The zero-order valence-electron chi connectivity index (χ0n) is 9.55. The summed E-state index contributed by atoms with van der Waals surface area (Å²) < 4.78 is 39.1. The van der Waals surface area contributed by atoms with E-state index >= 15 is 0 Å². The van der Waals surface area contributed by atoms with Crippen molar-refractivity contribution in [1.82, 2.24) is 4.98 Å². The van der Waals surface area contributed by atoms with Gasteiger partial charge in [-0.1, -0.05) is 23.2 Å². The minimum atomic E-state index is -1.67. The lowest BCUT2D eigenvalue weighted by molar-refractivity contribution is 0.102. The molecule has 0 atom stereocenters. The van der Waals surface area contributed by atoms with E-state index in [9.17, 15) is 18.0 Å². The van der Waals surface area contributed by atoms with Gasteiger partial charge in [-0.05, 0) is 18.2 Å². The predicted octanol–water partition coefficient (Wildman–Crippen LogP) is 4.06. The third-order valence-electron chi connectivity index (χ3n) is 2.34. The number of hydrogen-bond donors (Lipinski definition) is 1. The van der Waals surface area contributed by atoms with E-state index in [1.807, 2.05) is 0 Å². The van der Waals surface area contributed by atoms with Gasteiger partial charge in [0.25, 0.3) is 5.91 Å². The topological polar surface area (TPSA) is 42.0 Å². The number of benzene rings is 1. The molecule has 0 aliphatic rings. The zero-order chi connectivity index (χ0) is 14.9. The van der Waals surface area contributed by atoms with Gasteiger partial charge in [0.2, 0.25) is 0 Å². The normalized spacial score (nSPS) is 10.4. The highest BCUT2D eigenvalue weighted by Gasteiger charge is 2.16. The maximum atomic E-state index is 13.4. The van der Waals surface area contributed by atoms with E-state index in [1.54, 1.807) is 0 Å². The summed E-state index contributed by atoms with van der Waals surface area (Å²) in [5, 5.41) is 2.11. The van der Waals surface area contributed by atoms with E-state index in [2.05, 4.69) is 10.3 Å². The second-order valence-corrected chi connectivity index (χ2v) is 4.44. The highest BCUT2D eigenvalue weighted by Crippen LogP contribution is 2.22. The maximum Gasteiger partial charge on any atom is 0.257 e. The average molecular weight is 321 g/mol. The second kappa shape index (κ2) is 5.68. The molecular formula is C12H5Cl2F3N2O. The number of nitrogens with one attached hydrogen (secondary N) is 1. The summed E-state index contributed by atoms with van der Waals surface area (Å²) in [4.78, 5) is 15.4. The smallest absolute Gasteiger partial charge is 0.257 e. The van der Waals surface area contributed by atoms with Gasteiger partial charge in [-0.2, -0.15) is 0 Å². The molecule has 1 aromatic heterocycles. The van der Waals surface area contributed by atoms with Crippen LogP contribution in [0.2, 0.25) is 10.2 Å². The van der Waals surface area contributed by atoms with E-state index in [-0.39, 0.29) is 15.7 Å². The molecule has 0 aliphatic heterocycles. The summed E-state index contributed by atoms with van der Waals surface area (Å²) in [6.07, 6.45) is 1.11. The molecule has 2 rings (SSSR count). The van der Waals surface area contributed by atoms with Crippen molar-refractivity contribution < 1.29 is 18.0 Å². The number of rotatable bonds is 2. The molecule has 8 heteroatoms. The third kappa shape index (κ3) is 2.86. The van der Waals surface area contributed by atoms with Crippen molar-refractivity contribution >= 4 is 34.8 Å². The number of nitrogens with zero attached hydrogens (tertiary/aromatic N) is 1. The van der Waals surface area contributed by atoms with Gasteiger partial charge in [0.1, 0.15) is 5.15 Å². The Morgan fingerprint density at radius 2 is 1.85 bits per heavy atom. The summed E-state index contributed by atoms with van der Waals surface area (Å²) >= 11 is 11.3. The van der Waals surface area contributed by atoms with Crippen molar-refractivity contribution in [3.8, 4) is 0 Å². The van der Waals surface area contributed by atoms with Crippen LogP contribution in [0.15, 0.2) is 24.4 Å². The summed E-state index contributed by atoms with van der Waals surface area (Å²) in [6.45, 7) is 0. The molecule has 2 aromatic rings. The Labute approximate surface area is 121 Å². The Balaban J connectivity index is 2.28. The lowest BCUT2D eigenvalue weighted by Gasteiger charge is -2.07. The first-order valence-electron chi connectivity index (χ1n) is 5.16. The molecule has 0 radical (unpaired) electrons. The number of amides is 1. The van der Waals surface area contributed by atoms with E-state index in [0.29, 0.717) is 6.07 Å². The van der Waals surface area contributed by atoms with Crippen molar-refractivity contribution in [2.75, 3.05) is 5.32 Å². The number of aromatic nitrogens is 1. The summed E-state index contributed by atoms with van der Waals surface area (Å²) in [5.41, 5.74) is -0.511. The zero-order valence-corrected chi connectivity index (χ0v) is 11.1. The fraction of sp³-hybridized carbons (Fsp3) is 0. The Morgan fingerprint density at radius 1 is 1.15 bits per heavy atom. The van der Waals surface area contributed by atoms with Crippen LogP contribution in [0.1, 0.15) is 10.4 Å². The molecule has 1 amide bonds. The summed E-state index contributed by atoms with van der Waals surface area (Å²) in [6, 6.07) is 2.81. The van der Waals surface area contributed by atoms with Crippen molar-refractivity contribution in [1.29, 1.82) is 0 Å². The quantitative estimate of drug-likeness (QED) is 0.669. The van der Waals surface area contributed by atoms with E-state index in [4.69, 9.17) is 23.2 Å². The lowest BCUT2D eigenvalue weighted by atomic mass is 10.2. The van der Waals surface area contributed by atoms with Crippen LogP contribution >= 0.6 is 23.2 Å². The lowest BCUT2D eigenvalue weighted by Crippen LogP contribution is -2.14. The van der Waals surface area contributed by atoms with Gasteiger partial charge in [0, 0.05) is 6.20 Å². The predicted molar refractivity (Wildman–Crippen MR) is 68.5 cm³/mol. The molecule has 1 N–H and O–H groups in total. The van der Waals surface area contributed by atoms with Crippen LogP contribution in [0.4, 0.5) is 18.9 Å².